The van der Waals surface area contributed by atoms with Crippen LogP contribution in [0.5, 0.6) is 0 Å². The maximum atomic E-state index is 6.23. The number of anilines is 3. The molecule has 1 aromatic heterocycles. The minimum atomic E-state index is 0.886. The van der Waals surface area contributed by atoms with Gasteiger partial charge >= 0.3 is 0 Å². The third-order valence-electron chi connectivity index (χ3n) is 10.2. The van der Waals surface area contributed by atoms with E-state index in [4.69, 9.17) is 4.42 Å². The van der Waals surface area contributed by atoms with E-state index in [0.717, 1.165) is 39.0 Å². The van der Waals surface area contributed by atoms with Gasteiger partial charge in [-0.25, -0.2) is 0 Å². The number of hydrogen-bond acceptors (Lipinski definition) is 2. The van der Waals surface area contributed by atoms with Gasteiger partial charge in [0.1, 0.15) is 11.2 Å². The Hall–Kier alpha value is -6.90. The van der Waals surface area contributed by atoms with E-state index in [1.54, 1.807) is 0 Å². The highest BCUT2D eigenvalue weighted by Gasteiger charge is 2.19. The van der Waals surface area contributed by atoms with Crippen molar-refractivity contribution in [1.29, 1.82) is 0 Å². The van der Waals surface area contributed by atoms with Crippen LogP contribution in [-0.2, 0) is 0 Å². The first-order valence-electron chi connectivity index (χ1n) is 17.7. The average molecular weight is 664 g/mol. The average Bonchev–Trinajstić information content (AvgIpc) is 3.59. The lowest BCUT2D eigenvalue weighted by Gasteiger charge is -2.28. The maximum absolute atomic E-state index is 6.23. The Balaban J connectivity index is 1.09. The van der Waals surface area contributed by atoms with Crippen LogP contribution in [0.1, 0.15) is 0 Å². The van der Waals surface area contributed by atoms with Gasteiger partial charge in [-0.1, -0.05) is 140 Å². The van der Waals surface area contributed by atoms with Crippen molar-refractivity contribution < 1.29 is 4.42 Å². The van der Waals surface area contributed by atoms with E-state index in [2.05, 4.69) is 193 Å². The molecule has 10 aromatic rings. The summed E-state index contributed by atoms with van der Waals surface area (Å²) in [5.74, 6) is 0. The molecule has 244 valence electrons. The van der Waals surface area contributed by atoms with E-state index in [9.17, 15) is 0 Å². The lowest BCUT2D eigenvalue weighted by molar-refractivity contribution is 0.669. The van der Waals surface area contributed by atoms with Gasteiger partial charge in [-0.15, -0.1) is 0 Å². The van der Waals surface area contributed by atoms with Gasteiger partial charge in [-0.05, 0) is 110 Å². The van der Waals surface area contributed by atoms with Gasteiger partial charge in [0, 0.05) is 27.7 Å². The summed E-state index contributed by atoms with van der Waals surface area (Å²) in [6.45, 7) is 0. The fraction of sp³-hybridized carbons (Fsp3) is 0. The molecule has 0 aliphatic carbocycles. The summed E-state index contributed by atoms with van der Waals surface area (Å²) in [6.07, 6.45) is 0. The second kappa shape index (κ2) is 12.5. The molecular weight excluding hydrogens is 631 g/mol. The van der Waals surface area contributed by atoms with Crippen molar-refractivity contribution in [2.45, 2.75) is 0 Å². The lowest BCUT2D eigenvalue weighted by Crippen LogP contribution is -2.11. The molecule has 2 nitrogen and oxygen atoms in total. The Morgan fingerprint density at radius 2 is 0.846 bits per heavy atom. The van der Waals surface area contributed by atoms with E-state index in [0.29, 0.717) is 0 Å². The minimum Gasteiger partial charge on any atom is -0.456 e. The summed E-state index contributed by atoms with van der Waals surface area (Å²) in [5, 5.41) is 7.09. The SMILES string of the molecule is c1ccc(-c2ccc3ccc(-c4ccc5cc(N(c6ccc7oc8ccccc8c7c6)c6ccccc6-c6ccccc6)ccc5c4)cc3c2)cc1. The molecule has 52 heavy (non-hydrogen) atoms. The Morgan fingerprint density at radius 1 is 0.308 bits per heavy atom. The van der Waals surface area contributed by atoms with Crippen LogP contribution in [0.25, 0.3) is 76.9 Å². The zero-order valence-corrected chi connectivity index (χ0v) is 28.4. The van der Waals surface area contributed by atoms with Crippen molar-refractivity contribution in [2.75, 3.05) is 4.90 Å². The number of benzene rings is 9. The van der Waals surface area contributed by atoms with E-state index in [1.165, 1.54) is 54.9 Å². The second-order valence-electron chi connectivity index (χ2n) is 13.4. The fourth-order valence-electron chi connectivity index (χ4n) is 7.60. The molecule has 0 aliphatic heterocycles. The summed E-state index contributed by atoms with van der Waals surface area (Å²) in [5.41, 5.74) is 12.3. The molecule has 0 fully saturated rings. The van der Waals surface area contributed by atoms with Gasteiger partial charge in [0.05, 0.1) is 5.69 Å². The lowest BCUT2D eigenvalue weighted by atomic mass is 9.96. The van der Waals surface area contributed by atoms with Crippen molar-refractivity contribution in [3.05, 3.63) is 200 Å². The molecule has 0 unspecified atom stereocenters. The predicted molar refractivity (Wildman–Crippen MR) is 220 cm³/mol. The molecule has 0 atom stereocenters. The highest BCUT2D eigenvalue weighted by Crippen LogP contribution is 2.43. The van der Waals surface area contributed by atoms with Gasteiger partial charge in [0.25, 0.3) is 0 Å². The monoisotopic (exact) mass is 663 g/mol. The van der Waals surface area contributed by atoms with Crippen LogP contribution in [-0.4, -0.2) is 0 Å². The minimum absolute atomic E-state index is 0.886. The van der Waals surface area contributed by atoms with Crippen LogP contribution in [0.2, 0.25) is 0 Å². The third kappa shape index (κ3) is 5.30. The van der Waals surface area contributed by atoms with Gasteiger partial charge in [-0.3, -0.25) is 0 Å². The summed E-state index contributed by atoms with van der Waals surface area (Å²) < 4.78 is 6.23. The van der Waals surface area contributed by atoms with Crippen molar-refractivity contribution in [2.24, 2.45) is 0 Å². The fourth-order valence-corrected chi connectivity index (χ4v) is 7.60. The molecule has 10 rings (SSSR count). The zero-order valence-electron chi connectivity index (χ0n) is 28.4. The molecular formula is C50H33NO. The standard InChI is InChI=1S/C50H33NO/c1-3-11-34(12-4-1)37-21-19-35-20-22-39(31-42(35)30-37)38-23-24-41-32-43(26-25-40(41)29-38)51(48-17-9-7-15-45(48)36-13-5-2-6-14-36)44-27-28-50-47(33-44)46-16-8-10-18-49(46)52-50/h1-33H. The van der Waals surface area contributed by atoms with Crippen molar-refractivity contribution >= 4 is 60.5 Å². The molecule has 0 saturated carbocycles. The topological polar surface area (TPSA) is 16.4 Å². The van der Waals surface area contributed by atoms with Crippen LogP contribution in [0.3, 0.4) is 0 Å². The van der Waals surface area contributed by atoms with E-state index in [-0.39, 0.29) is 0 Å². The normalized spacial score (nSPS) is 11.5. The highest BCUT2D eigenvalue weighted by molar-refractivity contribution is 6.07. The quantitative estimate of drug-likeness (QED) is 0.176. The Morgan fingerprint density at radius 3 is 1.63 bits per heavy atom. The number of rotatable bonds is 6. The molecule has 0 bridgehead atoms. The molecule has 0 spiro atoms. The zero-order chi connectivity index (χ0) is 34.4. The summed E-state index contributed by atoms with van der Waals surface area (Å²) >= 11 is 0. The van der Waals surface area contributed by atoms with Gasteiger partial charge < -0.3 is 9.32 Å². The number of hydrogen-bond donors (Lipinski definition) is 0. The summed E-state index contributed by atoms with van der Waals surface area (Å²) in [7, 11) is 0. The van der Waals surface area contributed by atoms with Crippen LogP contribution in [0.15, 0.2) is 205 Å². The van der Waals surface area contributed by atoms with Crippen LogP contribution < -0.4 is 4.90 Å². The molecule has 2 heteroatoms. The summed E-state index contributed by atoms with van der Waals surface area (Å²) in [4.78, 5) is 2.38. The number of nitrogens with zero attached hydrogens (tertiary/aromatic N) is 1. The highest BCUT2D eigenvalue weighted by atomic mass is 16.3. The van der Waals surface area contributed by atoms with Crippen molar-refractivity contribution in [1.82, 2.24) is 0 Å². The van der Waals surface area contributed by atoms with Gasteiger partial charge in [-0.2, -0.15) is 0 Å². The molecule has 1 heterocycles. The largest absolute Gasteiger partial charge is 0.456 e. The third-order valence-corrected chi connectivity index (χ3v) is 10.2. The smallest absolute Gasteiger partial charge is 0.135 e. The summed E-state index contributed by atoms with van der Waals surface area (Å²) in [6, 6.07) is 71.8. The first-order valence-corrected chi connectivity index (χ1v) is 17.7. The molecule has 0 radical (unpaired) electrons. The number of para-hydroxylation sites is 2. The molecule has 0 aliphatic rings. The number of fused-ring (bicyclic) bond motifs is 5. The van der Waals surface area contributed by atoms with E-state index < -0.39 is 0 Å². The molecule has 0 amide bonds. The van der Waals surface area contributed by atoms with E-state index >= 15 is 0 Å². The maximum Gasteiger partial charge on any atom is 0.135 e. The number of furan rings is 1. The van der Waals surface area contributed by atoms with Gasteiger partial charge in [0.2, 0.25) is 0 Å². The van der Waals surface area contributed by atoms with Crippen molar-refractivity contribution in [3.63, 3.8) is 0 Å². The predicted octanol–water partition coefficient (Wildman–Crippen LogP) is 14.4. The Labute approximate surface area is 302 Å². The van der Waals surface area contributed by atoms with Crippen LogP contribution >= 0.6 is 0 Å². The molecule has 9 aromatic carbocycles. The second-order valence-corrected chi connectivity index (χ2v) is 13.4. The van der Waals surface area contributed by atoms with Gasteiger partial charge in [0.15, 0.2) is 0 Å². The molecule has 0 N–H and O–H groups in total. The van der Waals surface area contributed by atoms with E-state index in [1.807, 2.05) is 12.1 Å². The first-order chi connectivity index (χ1) is 25.7. The van der Waals surface area contributed by atoms with Crippen molar-refractivity contribution in [3.8, 4) is 33.4 Å². The first kappa shape index (κ1) is 30.0. The Kier molecular flexibility index (Phi) is 7.18. The molecule has 0 saturated heterocycles. The van der Waals surface area contributed by atoms with Crippen LogP contribution in [0, 0.1) is 0 Å². The van der Waals surface area contributed by atoms with Crippen LogP contribution in [0.4, 0.5) is 17.1 Å². The Bertz CT molecular complexity index is 2910.